The van der Waals surface area contributed by atoms with Crippen LogP contribution in [0.2, 0.25) is 0 Å². The zero-order valence-electron chi connectivity index (χ0n) is 18.5. The van der Waals surface area contributed by atoms with Crippen molar-refractivity contribution >= 4 is 27.3 Å². The summed E-state index contributed by atoms with van der Waals surface area (Å²) < 4.78 is 66.8. The van der Waals surface area contributed by atoms with Crippen LogP contribution in [0.15, 0.2) is 78.1 Å². The number of benzene rings is 2. The van der Waals surface area contributed by atoms with Gasteiger partial charge in [-0.1, -0.05) is 12.1 Å². The number of nitrogens with zero attached hydrogens (tertiary/aromatic N) is 3. The van der Waals surface area contributed by atoms with Crippen LogP contribution in [-0.4, -0.2) is 34.2 Å². The molecule has 186 valence electrons. The number of carbonyl (C=O) groups is 1. The van der Waals surface area contributed by atoms with Gasteiger partial charge >= 0.3 is 6.18 Å². The molecule has 0 atom stereocenters. The van der Waals surface area contributed by atoms with E-state index in [9.17, 15) is 31.5 Å². The average molecular weight is 517 g/mol. The Bertz CT molecular complexity index is 1520. The van der Waals surface area contributed by atoms with E-state index in [0.29, 0.717) is 11.3 Å². The molecule has 0 aliphatic carbocycles. The quantitative estimate of drug-likeness (QED) is 0.259. The molecule has 1 amide bonds. The van der Waals surface area contributed by atoms with Gasteiger partial charge in [-0.25, -0.2) is 8.42 Å². The zero-order chi connectivity index (χ0) is 26.1. The first-order valence-corrected chi connectivity index (χ1v) is 11.7. The highest BCUT2D eigenvalue weighted by molar-refractivity contribution is 7.92. The lowest BCUT2D eigenvalue weighted by atomic mass is 10.1. The molecule has 0 bridgehead atoms. The minimum Gasteiger partial charge on any atom is -0.506 e. The second-order valence-corrected chi connectivity index (χ2v) is 9.33. The molecule has 0 aliphatic heterocycles. The number of amides is 1. The molecule has 0 spiro atoms. The third kappa shape index (κ3) is 5.46. The fourth-order valence-corrected chi connectivity index (χ4v) is 4.22. The number of phenols is 1. The van der Waals surface area contributed by atoms with E-state index in [4.69, 9.17) is 0 Å². The molecule has 0 saturated heterocycles. The summed E-state index contributed by atoms with van der Waals surface area (Å²) in [7, 11) is -2.48. The topological polar surface area (TPSA) is 126 Å². The number of phenolic OH excluding ortho intramolecular Hbond substituents is 1. The Labute approximate surface area is 203 Å². The third-order valence-electron chi connectivity index (χ3n) is 5.02. The number of nitrogens with one attached hydrogen (secondary N) is 2. The first kappa shape index (κ1) is 24.7. The molecule has 0 unspecified atom stereocenters. The maximum Gasteiger partial charge on any atom is 0.416 e. The lowest BCUT2D eigenvalue weighted by Gasteiger charge is -2.11. The van der Waals surface area contributed by atoms with E-state index in [1.165, 1.54) is 59.5 Å². The Kier molecular flexibility index (Phi) is 6.41. The van der Waals surface area contributed by atoms with E-state index < -0.39 is 27.7 Å². The number of alkyl halides is 3. The number of aromatic hydroxyl groups is 1. The molecule has 3 N–H and O–H groups in total. The van der Waals surface area contributed by atoms with Crippen LogP contribution in [0.5, 0.6) is 5.75 Å². The summed E-state index contributed by atoms with van der Waals surface area (Å²) in [5.74, 6) is -0.934. The van der Waals surface area contributed by atoms with E-state index in [2.05, 4.69) is 20.1 Å². The minimum absolute atomic E-state index is 0.113. The summed E-state index contributed by atoms with van der Waals surface area (Å²) in [6.07, 6.45) is -0.756. The second kappa shape index (κ2) is 9.34. The predicted molar refractivity (Wildman–Crippen MR) is 125 cm³/mol. The molecular weight excluding hydrogens is 499 g/mol. The van der Waals surface area contributed by atoms with E-state index >= 15 is 0 Å². The SMILES string of the molecule is Cn1cc(S(=O)(=O)Nc2cc(NC(=O)c3ccc(-c4ccc(C(F)(F)F)cc4)nc3)ccc2O)cn1. The fraction of sp³-hybridized carbons (Fsp3) is 0.0870. The molecule has 4 rings (SSSR count). The summed E-state index contributed by atoms with van der Waals surface area (Å²) in [6, 6.07) is 11.2. The molecule has 0 aliphatic rings. The first-order valence-electron chi connectivity index (χ1n) is 10.2. The van der Waals surface area contributed by atoms with Crippen LogP contribution in [0.25, 0.3) is 11.3 Å². The summed E-state index contributed by atoms with van der Waals surface area (Å²) in [4.78, 5) is 16.7. The smallest absolute Gasteiger partial charge is 0.416 e. The number of halogens is 3. The normalized spacial score (nSPS) is 11.8. The lowest BCUT2D eigenvalue weighted by molar-refractivity contribution is -0.137. The third-order valence-corrected chi connectivity index (χ3v) is 6.34. The van der Waals surface area contributed by atoms with Crippen molar-refractivity contribution in [1.82, 2.24) is 14.8 Å². The second-order valence-electron chi connectivity index (χ2n) is 7.65. The number of aromatic nitrogens is 3. The molecule has 0 saturated carbocycles. The number of carbonyl (C=O) groups excluding carboxylic acids is 1. The van der Waals surface area contributed by atoms with Gasteiger partial charge in [0, 0.05) is 30.7 Å². The van der Waals surface area contributed by atoms with Crippen LogP contribution in [0.1, 0.15) is 15.9 Å². The van der Waals surface area contributed by atoms with Crippen LogP contribution in [0, 0.1) is 0 Å². The van der Waals surface area contributed by atoms with Crippen molar-refractivity contribution < 1.29 is 31.5 Å². The highest BCUT2D eigenvalue weighted by Gasteiger charge is 2.30. The van der Waals surface area contributed by atoms with Crippen molar-refractivity contribution in [3.05, 3.63) is 84.3 Å². The number of sulfonamides is 1. The number of hydrogen-bond donors (Lipinski definition) is 3. The van der Waals surface area contributed by atoms with Crippen LogP contribution in [0.3, 0.4) is 0 Å². The Morgan fingerprint density at radius 2 is 1.75 bits per heavy atom. The molecule has 36 heavy (non-hydrogen) atoms. The monoisotopic (exact) mass is 517 g/mol. The lowest BCUT2D eigenvalue weighted by Crippen LogP contribution is -2.14. The van der Waals surface area contributed by atoms with Crippen LogP contribution < -0.4 is 10.0 Å². The van der Waals surface area contributed by atoms with Gasteiger partial charge in [-0.05, 0) is 42.5 Å². The van der Waals surface area contributed by atoms with Crippen LogP contribution >= 0.6 is 0 Å². The maximum absolute atomic E-state index is 12.7. The van der Waals surface area contributed by atoms with Crippen LogP contribution in [-0.2, 0) is 23.2 Å². The summed E-state index contributed by atoms with van der Waals surface area (Å²) in [5, 5.41) is 16.4. The van der Waals surface area contributed by atoms with E-state index in [-0.39, 0.29) is 27.6 Å². The van der Waals surface area contributed by atoms with Gasteiger partial charge in [0.05, 0.1) is 28.7 Å². The number of hydrogen-bond acceptors (Lipinski definition) is 6. The van der Waals surface area contributed by atoms with Crippen molar-refractivity contribution in [2.45, 2.75) is 11.1 Å². The minimum atomic E-state index is -4.44. The molecule has 4 aromatic rings. The van der Waals surface area contributed by atoms with Gasteiger partial charge in [0.1, 0.15) is 10.6 Å². The van der Waals surface area contributed by atoms with Gasteiger partial charge in [-0.3, -0.25) is 19.2 Å². The van der Waals surface area contributed by atoms with Gasteiger partial charge < -0.3 is 10.4 Å². The fourth-order valence-electron chi connectivity index (χ4n) is 3.17. The highest BCUT2D eigenvalue weighted by atomic mass is 32.2. The number of anilines is 2. The Morgan fingerprint density at radius 1 is 1.03 bits per heavy atom. The van der Waals surface area contributed by atoms with Gasteiger partial charge in [-0.15, -0.1) is 0 Å². The maximum atomic E-state index is 12.7. The Hall–Kier alpha value is -4.39. The molecule has 9 nitrogen and oxygen atoms in total. The molecule has 0 fully saturated rings. The highest BCUT2D eigenvalue weighted by Crippen LogP contribution is 2.31. The Morgan fingerprint density at radius 3 is 2.33 bits per heavy atom. The molecule has 13 heteroatoms. The predicted octanol–water partition coefficient (Wildman–Crippen LogP) is 4.26. The number of rotatable bonds is 6. The van der Waals surface area contributed by atoms with Gasteiger partial charge in [-0.2, -0.15) is 18.3 Å². The number of aryl methyl sites for hydroxylation is 1. The number of pyridine rings is 1. The summed E-state index contributed by atoms with van der Waals surface area (Å²) in [5.41, 5.74) is 0.214. The standard InChI is InChI=1S/C23H18F3N5O4S/c1-31-13-18(12-28-31)36(34,35)30-20-10-17(7-9-21(20)32)29-22(33)15-4-8-19(27-11-15)14-2-5-16(6-3-14)23(24,25)26/h2-13,30,32H,1H3,(H,29,33). The van der Waals surface area contributed by atoms with Crippen molar-refractivity contribution in [2.75, 3.05) is 10.0 Å². The average Bonchev–Trinajstić information content (AvgIpc) is 3.28. The van der Waals surface area contributed by atoms with Crippen molar-refractivity contribution in [2.24, 2.45) is 7.05 Å². The largest absolute Gasteiger partial charge is 0.506 e. The Balaban J connectivity index is 1.48. The summed E-state index contributed by atoms with van der Waals surface area (Å²) in [6.45, 7) is 0. The van der Waals surface area contributed by atoms with E-state index in [1.807, 2.05) is 0 Å². The molecular formula is C23H18F3N5O4S. The van der Waals surface area contributed by atoms with Gasteiger partial charge in [0.25, 0.3) is 15.9 Å². The zero-order valence-corrected chi connectivity index (χ0v) is 19.3. The molecule has 2 heterocycles. The van der Waals surface area contributed by atoms with Gasteiger partial charge in [0.15, 0.2) is 0 Å². The molecule has 0 radical (unpaired) electrons. The van der Waals surface area contributed by atoms with Gasteiger partial charge in [0.2, 0.25) is 0 Å². The van der Waals surface area contributed by atoms with Crippen molar-refractivity contribution in [3.63, 3.8) is 0 Å². The van der Waals surface area contributed by atoms with Crippen molar-refractivity contribution in [1.29, 1.82) is 0 Å². The van der Waals surface area contributed by atoms with E-state index in [1.54, 1.807) is 7.05 Å². The van der Waals surface area contributed by atoms with Crippen molar-refractivity contribution in [3.8, 4) is 17.0 Å². The molecule has 2 aromatic carbocycles. The summed E-state index contributed by atoms with van der Waals surface area (Å²) >= 11 is 0. The first-order chi connectivity index (χ1) is 16.9. The molecule has 2 aromatic heterocycles. The van der Waals surface area contributed by atoms with Crippen LogP contribution in [0.4, 0.5) is 24.5 Å². The van der Waals surface area contributed by atoms with E-state index in [0.717, 1.165) is 18.3 Å².